The monoisotopic (exact) mass is 560 g/mol. The van der Waals surface area contributed by atoms with E-state index < -0.39 is 67.8 Å². The van der Waals surface area contributed by atoms with Gasteiger partial charge in [-0.25, -0.2) is 0 Å². The number of likely N-dealkylation sites (N-methyl/N-ethyl adjacent to an activating group) is 1. The van der Waals surface area contributed by atoms with Gasteiger partial charge in [-0.2, -0.15) is 0 Å². The van der Waals surface area contributed by atoms with E-state index in [9.17, 15) is 29.9 Å². The predicted octanol–water partition coefficient (Wildman–Crippen LogP) is -0.204. The van der Waals surface area contributed by atoms with Gasteiger partial charge in [0, 0.05) is 32.1 Å². The molecule has 3 fully saturated rings. The minimum absolute atomic E-state index is 0.0134. The molecule has 12 nitrogen and oxygen atoms in total. The Balaban J connectivity index is 1.46. The Labute approximate surface area is 222 Å². The Morgan fingerprint density at radius 3 is 2.37 bits per heavy atom. The smallest absolute Gasteiger partial charge is 0.325 e. The molecule has 0 spiro atoms. The topological polar surface area (TPSA) is 179 Å². The minimum atomic E-state index is -3.56. The number of fused-ring (bicyclic) bond motifs is 2. The Morgan fingerprint density at radius 1 is 1.11 bits per heavy atom. The van der Waals surface area contributed by atoms with Crippen molar-refractivity contribution in [1.82, 2.24) is 10.6 Å². The molecule has 216 valence electrons. The van der Waals surface area contributed by atoms with Crippen molar-refractivity contribution in [3.05, 3.63) is 35.4 Å². The number of hydrogen-bond donors (Lipinski definition) is 7. The average Bonchev–Trinajstić information content (AvgIpc) is 2.84. The fourth-order valence-electron chi connectivity index (χ4n) is 5.81. The third-order valence-corrected chi connectivity index (χ3v) is 8.48. The highest BCUT2D eigenvalue weighted by atomic mass is 31.2. The molecule has 11 atom stereocenters. The van der Waals surface area contributed by atoms with Crippen LogP contribution >= 0.6 is 7.60 Å². The number of aliphatic hydroxyl groups is 4. The maximum Gasteiger partial charge on any atom is 0.325 e. The second-order valence-corrected chi connectivity index (χ2v) is 12.6. The Kier molecular flexibility index (Phi) is 9.06. The van der Waals surface area contributed by atoms with Crippen LogP contribution in [0, 0.1) is 5.92 Å². The molecule has 1 aromatic carbocycles. The lowest BCUT2D eigenvalue weighted by molar-refractivity contribution is -0.483. The van der Waals surface area contributed by atoms with Gasteiger partial charge in [0.05, 0.1) is 31.0 Å². The fraction of sp³-hybridized carbons (Fsp3) is 0.760. The van der Waals surface area contributed by atoms with Crippen LogP contribution in [0.4, 0.5) is 0 Å². The fourth-order valence-corrected chi connectivity index (χ4v) is 6.20. The van der Waals surface area contributed by atoms with Gasteiger partial charge in [-0.3, -0.25) is 4.57 Å². The molecule has 13 heteroatoms. The summed E-state index contributed by atoms with van der Waals surface area (Å²) in [5.74, 6) is -2.72. The highest BCUT2D eigenvalue weighted by Crippen LogP contribution is 2.47. The van der Waals surface area contributed by atoms with E-state index in [1.165, 1.54) is 0 Å². The molecule has 4 rings (SSSR count). The van der Waals surface area contributed by atoms with Gasteiger partial charge in [0.15, 0.2) is 0 Å². The number of aliphatic hydroxyl groups excluding tert-OH is 2. The summed E-state index contributed by atoms with van der Waals surface area (Å²) in [6.45, 7) is 5.07. The summed E-state index contributed by atoms with van der Waals surface area (Å²) in [5.41, 5.74) is -0.194. The van der Waals surface area contributed by atoms with Gasteiger partial charge >= 0.3 is 7.60 Å². The van der Waals surface area contributed by atoms with Gasteiger partial charge in [0.1, 0.15) is 17.8 Å². The largest absolute Gasteiger partial charge is 0.391 e. The van der Waals surface area contributed by atoms with Crippen molar-refractivity contribution in [2.75, 3.05) is 20.3 Å². The zero-order valence-corrected chi connectivity index (χ0v) is 23.1. The summed E-state index contributed by atoms with van der Waals surface area (Å²) in [7, 11) is -1.91. The van der Waals surface area contributed by atoms with Crippen LogP contribution in [0.25, 0.3) is 0 Å². The van der Waals surface area contributed by atoms with E-state index in [0.717, 1.165) is 17.8 Å². The van der Waals surface area contributed by atoms with Gasteiger partial charge in [-0.05, 0) is 31.5 Å². The van der Waals surface area contributed by atoms with Crippen LogP contribution in [-0.4, -0.2) is 99.8 Å². The van der Waals surface area contributed by atoms with Gasteiger partial charge in [-0.15, -0.1) is 0 Å². The van der Waals surface area contributed by atoms with Crippen LogP contribution in [0.1, 0.15) is 37.8 Å². The van der Waals surface area contributed by atoms with E-state index >= 15 is 0 Å². The van der Waals surface area contributed by atoms with Gasteiger partial charge in [-0.1, -0.05) is 31.2 Å². The first kappa shape index (κ1) is 30.0. The lowest BCUT2D eigenvalue weighted by Crippen LogP contribution is -2.80. The lowest BCUT2D eigenvalue weighted by Gasteiger charge is -2.60. The first-order valence-electron chi connectivity index (χ1n) is 13.0. The third-order valence-electron chi connectivity index (χ3n) is 7.87. The number of ether oxygens (including phenoxy) is 3. The lowest BCUT2D eigenvalue weighted by atomic mass is 9.74. The molecule has 2 heterocycles. The highest BCUT2D eigenvalue weighted by molar-refractivity contribution is 7.51. The van der Waals surface area contributed by atoms with Crippen molar-refractivity contribution in [2.24, 2.45) is 5.92 Å². The number of rotatable bonds is 9. The van der Waals surface area contributed by atoms with Gasteiger partial charge < -0.3 is 54.7 Å². The van der Waals surface area contributed by atoms with Crippen LogP contribution in [0.15, 0.2) is 24.3 Å². The van der Waals surface area contributed by atoms with Crippen molar-refractivity contribution in [1.29, 1.82) is 0 Å². The summed E-state index contributed by atoms with van der Waals surface area (Å²) in [6, 6.07) is 6.57. The standard InChI is InChI=1S/C25H41N2O10P/c1-5-17-19(28)18(26-3)21-22(20(17)29)36-23-25(31,37-21)24(30,10-14(2)35-23)13-27-11-15-6-8-16(9-7-15)12-34-38(4,32)33/h6-9,14,17-23,26-31H,5,10-13H2,1-4H3,(H,32,33)/t14-,17-,18+,19+,20+,21-,22-,23+,24-,25-/m1/s1. The molecular formula is C25H41N2O10P. The summed E-state index contributed by atoms with van der Waals surface area (Å²) in [4.78, 5) is 9.28. The van der Waals surface area contributed by atoms with Crippen LogP contribution in [-0.2, 0) is 36.5 Å². The first-order valence-corrected chi connectivity index (χ1v) is 15.0. The second kappa shape index (κ2) is 11.5. The Hall–Kier alpha value is -0.990. The predicted molar refractivity (Wildman–Crippen MR) is 136 cm³/mol. The van der Waals surface area contributed by atoms with Crippen molar-refractivity contribution >= 4 is 7.60 Å². The van der Waals surface area contributed by atoms with E-state index in [1.807, 2.05) is 19.1 Å². The highest BCUT2D eigenvalue weighted by Gasteiger charge is 2.68. The Bertz CT molecular complexity index is 995. The molecule has 1 saturated carbocycles. The van der Waals surface area contributed by atoms with E-state index in [4.69, 9.17) is 18.7 Å². The molecule has 0 bridgehead atoms. The summed E-state index contributed by atoms with van der Waals surface area (Å²) < 4.78 is 34.3. The molecule has 1 aromatic rings. The zero-order chi connectivity index (χ0) is 27.9. The molecule has 0 aromatic heterocycles. The Morgan fingerprint density at radius 2 is 1.76 bits per heavy atom. The summed E-state index contributed by atoms with van der Waals surface area (Å²) >= 11 is 0. The van der Waals surface area contributed by atoms with Crippen LogP contribution in [0.5, 0.6) is 0 Å². The molecule has 3 aliphatic rings. The SMILES string of the molecule is CC[C@@H]1[C@H](O)[C@H](NC)[C@H]2O[C@]3(O)[C@H](O[C@@H]2[C@H]1O)O[C@H](C)C[C@@]3(O)CNCc1ccc(COP(C)(=O)O)cc1. The number of nitrogens with one attached hydrogen (secondary N) is 2. The molecule has 38 heavy (non-hydrogen) atoms. The summed E-state index contributed by atoms with van der Waals surface area (Å²) in [5, 5.41) is 51.5. The third kappa shape index (κ3) is 5.88. The molecule has 1 aliphatic carbocycles. The van der Waals surface area contributed by atoms with E-state index in [2.05, 4.69) is 10.6 Å². The molecule has 2 saturated heterocycles. The number of hydrogen-bond acceptors (Lipinski definition) is 11. The van der Waals surface area contributed by atoms with Crippen LogP contribution < -0.4 is 10.6 Å². The molecule has 0 amide bonds. The van der Waals surface area contributed by atoms with Crippen LogP contribution in [0.3, 0.4) is 0 Å². The first-order chi connectivity index (χ1) is 17.8. The van der Waals surface area contributed by atoms with E-state index in [0.29, 0.717) is 13.0 Å². The summed E-state index contributed by atoms with van der Waals surface area (Å²) in [6.07, 6.45) is -5.06. The molecule has 2 aliphatic heterocycles. The molecule has 0 radical (unpaired) electrons. The van der Waals surface area contributed by atoms with Crippen molar-refractivity contribution in [3.63, 3.8) is 0 Å². The van der Waals surface area contributed by atoms with Crippen molar-refractivity contribution < 1.29 is 48.6 Å². The van der Waals surface area contributed by atoms with Gasteiger partial charge in [0.25, 0.3) is 0 Å². The second-order valence-electron chi connectivity index (χ2n) is 10.8. The minimum Gasteiger partial charge on any atom is -0.391 e. The zero-order valence-electron chi connectivity index (χ0n) is 22.2. The maximum atomic E-state index is 11.7. The van der Waals surface area contributed by atoms with Gasteiger partial charge in [0.2, 0.25) is 12.1 Å². The van der Waals surface area contributed by atoms with E-state index in [-0.39, 0.29) is 19.6 Å². The molecule has 7 N–H and O–H groups in total. The molecule has 1 unspecified atom stereocenters. The van der Waals surface area contributed by atoms with E-state index in [1.54, 1.807) is 26.1 Å². The maximum absolute atomic E-state index is 11.7. The normalized spacial score (nSPS) is 42.7. The number of benzene rings is 1. The molecular weight excluding hydrogens is 519 g/mol. The van der Waals surface area contributed by atoms with Crippen LogP contribution in [0.2, 0.25) is 0 Å². The van der Waals surface area contributed by atoms with Crippen molar-refractivity contribution in [3.8, 4) is 0 Å². The quantitative estimate of drug-likeness (QED) is 0.198. The average molecular weight is 561 g/mol. The van der Waals surface area contributed by atoms with Crippen molar-refractivity contribution in [2.45, 2.75) is 94.1 Å².